The highest BCUT2D eigenvalue weighted by molar-refractivity contribution is 5.98. The maximum absolute atomic E-state index is 13.2. The molecule has 0 unspecified atom stereocenters. The molecule has 0 bridgehead atoms. The number of anilines is 1. The third kappa shape index (κ3) is 5.34. The first-order valence-electron chi connectivity index (χ1n) is 10.7. The van der Waals surface area contributed by atoms with Crippen molar-refractivity contribution >= 4 is 17.4 Å². The normalized spacial score (nSPS) is 19.1. The van der Waals surface area contributed by atoms with Crippen LogP contribution < -0.4 is 15.1 Å². The van der Waals surface area contributed by atoms with Crippen LogP contribution in [0.2, 0.25) is 0 Å². The Morgan fingerprint density at radius 2 is 1.70 bits per heavy atom. The zero-order valence-corrected chi connectivity index (χ0v) is 18.3. The highest BCUT2D eigenvalue weighted by atomic mass is 19.1. The SMILES string of the molecule is Cc1cc(C(=O)C[NH+]2CC[NH+](CC(=O)Nc3cccc(F)c3)CC2)c(C)n1C(C)C. The number of piperazine rings is 1. The number of ketones is 1. The molecular formula is C23H33FN4O2+2. The van der Waals surface area contributed by atoms with E-state index in [1.807, 2.05) is 19.9 Å². The van der Waals surface area contributed by atoms with Crippen molar-refractivity contribution in [1.29, 1.82) is 0 Å². The van der Waals surface area contributed by atoms with E-state index in [1.165, 1.54) is 21.9 Å². The molecule has 1 aliphatic rings. The number of nitrogens with zero attached hydrogens (tertiary/aromatic N) is 1. The first kappa shape index (κ1) is 22.2. The number of aromatic nitrogens is 1. The Hall–Kier alpha value is -2.51. The van der Waals surface area contributed by atoms with Gasteiger partial charge >= 0.3 is 0 Å². The van der Waals surface area contributed by atoms with Crippen molar-refractivity contribution in [3.05, 3.63) is 53.1 Å². The van der Waals surface area contributed by atoms with Crippen LogP contribution in [0.4, 0.5) is 10.1 Å². The molecule has 30 heavy (non-hydrogen) atoms. The minimum Gasteiger partial charge on any atom is -0.346 e. The van der Waals surface area contributed by atoms with E-state index in [2.05, 4.69) is 23.7 Å². The van der Waals surface area contributed by atoms with Crippen LogP contribution in [0.3, 0.4) is 0 Å². The quantitative estimate of drug-likeness (QED) is 0.574. The summed E-state index contributed by atoms with van der Waals surface area (Å²) in [7, 11) is 0. The summed E-state index contributed by atoms with van der Waals surface area (Å²) in [5.41, 5.74) is 3.48. The molecule has 0 spiro atoms. The lowest BCUT2D eigenvalue weighted by molar-refractivity contribution is -1.00. The van der Waals surface area contributed by atoms with Gasteiger partial charge in [0, 0.05) is 28.7 Å². The smallest absolute Gasteiger partial charge is 0.279 e. The van der Waals surface area contributed by atoms with Gasteiger partial charge in [-0.1, -0.05) is 6.07 Å². The number of rotatable bonds is 7. The van der Waals surface area contributed by atoms with Crippen molar-refractivity contribution in [3.63, 3.8) is 0 Å². The Labute approximate surface area is 177 Å². The number of carbonyl (C=O) groups is 2. The van der Waals surface area contributed by atoms with Gasteiger partial charge in [-0.15, -0.1) is 0 Å². The number of Topliss-reactive ketones (excluding diaryl/α,β-unsaturated/α-hetero) is 1. The number of hydrogen-bond acceptors (Lipinski definition) is 2. The van der Waals surface area contributed by atoms with E-state index >= 15 is 0 Å². The number of halogens is 1. The van der Waals surface area contributed by atoms with Crippen molar-refractivity contribution in [3.8, 4) is 0 Å². The Bertz CT molecular complexity index is 914. The van der Waals surface area contributed by atoms with Crippen LogP contribution in [0.1, 0.15) is 41.6 Å². The lowest BCUT2D eigenvalue weighted by Gasteiger charge is -2.29. The van der Waals surface area contributed by atoms with Crippen LogP contribution >= 0.6 is 0 Å². The lowest BCUT2D eigenvalue weighted by Crippen LogP contribution is -3.28. The number of hydrogen-bond donors (Lipinski definition) is 3. The van der Waals surface area contributed by atoms with Crippen LogP contribution in [0, 0.1) is 19.7 Å². The average molecular weight is 417 g/mol. The topological polar surface area (TPSA) is 60.0 Å². The fourth-order valence-corrected chi connectivity index (χ4v) is 4.49. The molecule has 2 aromatic rings. The minimum absolute atomic E-state index is 0.115. The van der Waals surface area contributed by atoms with Crippen LogP contribution in [-0.2, 0) is 4.79 Å². The standard InChI is InChI=1S/C23H31FN4O2/c1-16(2)28-17(3)12-21(18(28)4)22(29)14-26-8-10-27(11-9-26)15-23(30)25-20-7-5-6-19(24)13-20/h5-7,12-13,16H,8-11,14-15H2,1-4H3,(H,25,30)/p+2. The van der Waals surface area contributed by atoms with Crippen LogP contribution in [-0.4, -0.2) is 55.5 Å². The number of nitrogens with one attached hydrogen (secondary N) is 3. The average Bonchev–Trinajstić information content (AvgIpc) is 2.97. The van der Waals surface area contributed by atoms with Gasteiger partial charge in [0.05, 0.1) is 0 Å². The minimum atomic E-state index is -0.365. The molecule has 1 aliphatic heterocycles. The molecule has 6 nitrogen and oxygen atoms in total. The zero-order valence-electron chi connectivity index (χ0n) is 18.3. The largest absolute Gasteiger partial charge is 0.346 e. The first-order chi connectivity index (χ1) is 14.2. The molecule has 1 amide bonds. The molecule has 3 rings (SSSR count). The Balaban J connectivity index is 1.48. The molecule has 162 valence electrons. The van der Waals surface area contributed by atoms with Gasteiger partial charge in [-0.3, -0.25) is 9.59 Å². The number of benzene rings is 1. The van der Waals surface area contributed by atoms with Crippen molar-refractivity contribution in [1.82, 2.24) is 4.57 Å². The van der Waals surface area contributed by atoms with E-state index in [4.69, 9.17) is 0 Å². The summed E-state index contributed by atoms with van der Waals surface area (Å²) in [5.74, 6) is -0.287. The summed E-state index contributed by atoms with van der Waals surface area (Å²) in [6.45, 7) is 12.6. The molecule has 3 N–H and O–H groups in total. The van der Waals surface area contributed by atoms with E-state index in [1.54, 1.807) is 12.1 Å². The van der Waals surface area contributed by atoms with Gasteiger partial charge in [0.1, 0.15) is 38.5 Å². The zero-order chi connectivity index (χ0) is 21.8. The number of quaternary nitrogens is 2. The van der Waals surface area contributed by atoms with E-state index in [-0.39, 0.29) is 17.5 Å². The molecule has 7 heteroatoms. The highest BCUT2D eigenvalue weighted by Crippen LogP contribution is 2.20. The van der Waals surface area contributed by atoms with Gasteiger partial charge in [-0.05, 0) is 52.0 Å². The van der Waals surface area contributed by atoms with Gasteiger partial charge in [-0.25, -0.2) is 4.39 Å². The number of aryl methyl sites for hydroxylation is 1. The first-order valence-corrected chi connectivity index (χ1v) is 10.7. The molecule has 0 saturated carbocycles. The Morgan fingerprint density at radius 1 is 1.07 bits per heavy atom. The fraction of sp³-hybridized carbons (Fsp3) is 0.478. The monoisotopic (exact) mass is 416 g/mol. The molecule has 2 heterocycles. The van der Waals surface area contributed by atoms with Gasteiger partial charge in [0.15, 0.2) is 6.54 Å². The summed E-state index contributed by atoms with van der Waals surface area (Å²) < 4.78 is 15.5. The third-order valence-electron chi connectivity index (χ3n) is 5.89. The summed E-state index contributed by atoms with van der Waals surface area (Å²) in [6, 6.07) is 8.28. The second kappa shape index (κ2) is 9.53. The summed E-state index contributed by atoms with van der Waals surface area (Å²) in [5, 5.41) is 2.75. The fourth-order valence-electron chi connectivity index (χ4n) is 4.49. The van der Waals surface area contributed by atoms with E-state index in [9.17, 15) is 14.0 Å². The molecular weight excluding hydrogens is 383 g/mol. The van der Waals surface area contributed by atoms with Crippen LogP contribution in [0.15, 0.2) is 30.3 Å². The molecule has 0 aliphatic carbocycles. The molecule has 1 saturated heterocycles. The molecule has 0 radical (unpaired) electrons. The number of carbonyl (C=O) groups excluding carboxylic acids is 2. The van der Waals surface area contributed by atoms with Crippen molar-refractivity contribution in [2.45, 2.75) is 33.7 Å². The van der Waals surface area contributed by atoms with Gasteiger partial charge in [-0.2, -0.15) is 0 Å². The Kier molecular flexibility index (Phi) is 7.05. The second-order valence-corrected chi connectivity index (χ2v) is 8.58. The predicted octanol–water partition coefficient (Wildman–Crippen LogP) is 0.430. The summed E-state index contributed by atoms with van der Waals surface area (Å²) in [4.78, 5) is 27.6. The van der Waals surface area contributed by atoms with Crippen LogP contribution in [0.25, 0.3) is 0 Å². The maximum atomic E-state index is 13.2. The second-order valence-electron chi connectivity index (χ2n) is 8.58. The van der Waals surface area contributed by atoms with E-state index in [0.29, 0.717) is 24.8 Å². The summed E-state index contributed by atoms with van der Waals surface area (Å²) >= 11 is 0. The van der Waals surface area contributed by atoms with Crippen molar-refractivity contribution in [2.24, 2.45) is 0 Å². The third-order valence-corrected chi connectivity index (χ3v) is 5.89. The molecule has 1 fully saturated rings. The highest BCUT2D eigenvalue weighted by Gasteiger charge is 2.28. The van der Waals surface area contributed by atoms with Gasteiger partial charge in [0.2, 0.25) is 5.78 Å². The number of amides is 1. The lowest BCUT2D eigenvalue weighted by atomic mass is 10.1. The summed E-state index contributed by atoms with van der Waals surface area (Å²) in [6.07, 6.45) is 0. The van der Waals surface area contributed by atoms with Crippen LogP contribution in [0.5, 0.6) is 0 Å². The molecule has 1 aromatic carbocycles. The van der Waals surface area contributed by atoms with Crippen molar-refractivity contribution in [2.75, 3.05) is 44.6 Å². The van der Waals surface area contributed by atoms with Gasteiger partial charge in [0.25, 0.3) is 5.91 Å². The molecule has 0 atom stereocenters. The van der Waals surface area contributed by atoms with E-state index < -0.39 is 0 Å². The molecule has 1 aromatic heterocycles. The van der Waals surface area contributed by atoms with Gasteiger partial charge < -0.3 is 19.7 Å². The predicted molar refractivity (Wildman–Crippen MR) is 115 cm³/mol. The van der Waals surface area contributed by atoms with Crippen molar-refractivity contribution < 1.29 is 23.8 Å². The Morgan fingerprint density at radius 3 is 2.27 bits per heavy atom. The van der Waals surface area contributed by atoms with E-state index in [0.717, 1.165) is 43.1 Å². The maximum Gasteiger partial charge on any atom is 0.279 e.